The van der Waals surface area contributed by atoms with Crippen LogP contribution in [0.15, 0.2) is 22.8 Å². The number of furan rings is 1. The molecular formula is C14H22N2O2. The summed E-state index contributed by atoms with van der Waals surface area (Å²) in [6.45, 7) is 3.91. The zero-order valence-corrected chi connectivity index (χ0v) is 11.0. The fourth-order valence-electron chi connectivity index (χ4n) is 3.11. The van der Waals surface area contributed by atoms with Crippen LogP contribution in [0.1, 0.15) is 25.0 Å². The summed E-state index contributed by atoms with van der Waals surface area (Å²) in [5.41, 5.74) is 0.146. The summed E-state index contributed by atoms with van der Waals surface area (Å²) in [5.74, 6) is 1.03. The molecule has 4 heteroatoms. The quantitative estimate of drug-likeness (QED) is 0.884. The van der Waals surface area contributed by atoms with E-state index in [2.05, 4.69) is 17.3 Å². The molecule has 1 N–H and O–H groups in total. The van der Waals surface area contributed by atoms with Gasteiger partial charge in [0.1, 0.15) is 5.76 Å². The van der Waals surface area contributed by atoms with Crippen molar-refractivity contribution in [2.45, 2.75) is 37.5 Å². The number of likely N-dealkylation sites (N-methyl/N-ethyl adjacent to an activating group) is 1. The average molecular weight is 250 g/mol. The van der Waals surface area contributed by atoms with Crippen molar-refractivity contribution in [3.8, 4) is 0 Å². The lowest BCUT2D eigenvalue weighted by Gasteiger charge is -2.33. The SMILES string of the molecule is CN(Cc1ccco1)[C@@H]1COC2(CCNCC2)C1. The van der Waals surface area contributed by atoms with Gasteiger partial charge in [0.05, 0.1) is 25.0 Å². The second-order valence-electron chi connectivity index (χ2n) is 5.60. The van der Waals surface area contributed by atoms with Gasteiger partial charge in [0.15, 0.2) is 0 Å². The molecule has 0 bridgehead atoms. The van der Waals surface area contributed by atoms with Crippen molar-refractivity contribution in [1.82, 2.24) is 10.2 Å². The summed E-state index contributed by atoms with van der Waals surface area (Å²) in [7, 11) is 2.16. The first-order valence-corrected chi connectivity index (χ1v) is 6.85. The van der Waals surface area contributed by atoms with Gasteiger partial charge in [0, 0.05) is 6.04 Å². The first kappa shape index (κ1) is 12.2. The third-order valence-corrected chi connectivity index (χ3v) is 4.31. The number of rotatable bonds is 3. The Kier molecular flexibility index (Phi) is 3.41. The van der Waals surface area contributed by atoms with Crippen LogP contribution in [0.4, 0.5) is 0 Å². The highest BCUT2D eigenvalue weighted by Crippen LogP contribution is 2.35. The van der Waals surface area contributed by atoms with E-state index < -0.39 is 0 Å². The number of hydrogen-bond donors (Lipinski definition) is 1. The minimum absolute atomic E-state index is 0.146. The highest BCUT2D eigenvalue weighted by atomic mass is 16.5. The molecule has 0 radical (unpaired) electrons. The average Bonchev–Trinajstić information content (AvgIpc) is 3.01. The van der Waals surface area contributed by atoms with E-state index >= 15 is 0 Å². The topological polar surface area (TPSA) is 37.6 Å². The minimum Gasteiger partial charge on any atom is -0.468 e. The smallest absolute Gasteiger partial charge is 0.117 e. The molecule has 3 rings (SSSR count). The largest absolute Gasteiger partial charge is 0.468 e. The number of piperidine rings is 1. The fourth-order valence-corrected chi connectivity index (χ4v) is 3.11. The van der Waals surface area contributed by atoms with Crippen LogP contribution >= 0.6 is 0 Å². The van der Waals surface area contributed by atoms with E-state index in [1.165, 1.54) is 0 Å². The standard InChI is InChI=1S/C14H22N2O2/c1-16(10-13-3-2-8-17-13)12-9-14(18-11-12)4-6-15-7-5-14/h2-3,8,12,15H,4-7,9-11H2,1H3/t12-/m0/s1. The zero-order valence-electron chi connectivity index (χ0n) is 11.0. The monoisotopic (exact) mass is 250 g/mol. The maximum Gasteiger partial charge on any atom is 0.117 e. The summed E-state index contributed by atoms with van der Waals surface area (Å²) < 4.78 is 11.5. The van der Waals surface area contributed by atoms with Gasteiger partial charge in [-0.3, -0.25) is 4.90 Å². The van der Waals surface area contributed by atoms with Crippen LogP contribution in [0.5, 0.6) is 0 Å². The third kappa shape index (κ3) is 2.46. The van der Waals surface area contributed by atoms with E-state index in [1.807, 2.05) is 12.1 Å². The second-order valence-corrected chi connectivity index (χ2v) is 5.60. The van der Waals surface area contributed by atoms with Crippen molar-refractivity contribution in [1.29, 1.82) is 0 Å². The predicted octanol–water partition coefficient (Wildman–Crippen LogP) is 1.62. The van der Waals surface area contributed by atoms with Gasteiger partial charge in [-0.2, -0.15) is 0 Å². The Balaban J connectivity index is 1.57. The lowest BCUT2D eigenvalue weighted by atomic mass is 9.88. The molecule has 2 aliphatic rings. The van der Waals surface area contributed by atoms with Crippen molar-refractivity contribution in [3.63, 3.8) is 0 Å². The van der Waals surface area contributed by atoms with Crippen LogP contribution in [0.2, 0.25) is 0 Å². The maximum absolute atomic E-state index is 6.12. The Labute approximate surface area is 108 Å². The van der Waals surface area contributed by atoms with Gasteiger partial charge in [-0.15, -0.1) is 0 Å². The number of hydrogen-bond acceptors (Lipinski definition) is 4. The van der Waals surface area contributed by atoms with E-state index in [9.17, 15) is 0 Å². The highest BCUT2D eigenvalue weighted by molar-refractivity contribution is 5.00. The van der Waals surface area contributed by atoms with Gasteiger partial charge < -0.3 is 14.5 Å². The van der Waals surface area contributed by atoms with Crippen LogP contribution in [-0.2, 0) is 11.3 Å². The predicted molar refractivity (Wildman–Crippen MR) is 69.4 cm³/mol. The molecule has 1 spiro atoms. The summed E-state index contributed by atoms with van der Waals surface area (Å²) >= 11 is 0. The second kappa shape index (κ2) is 5.03. The first-order chi connectivity index (χ1) is 8.77. The Hall–Kier alpha value is -0.840. The van der Waals surface area contributed by atoms with E-state index in [0.717, 1.165) is 51.3 Å². The summed E-state index contributed by atoms with van der Waals surface area (Å²) in [4.78, 5) is 2.36. The molecule has 1 aromatic rings. The number of nitrogens with zero attached hydrogens (tertiary/aromatic N) is 1. The van der Waals surface area contributed by atoms with Crippen molar-refractivity contribution in [2.75, 3.05) is 26.7 Å². The molecule has 1 aromatic heterocycles. The van der Waals surface area contributed by atoms with E-state index in [4.69, 9.17) is 9.15 Å². The molecule has 0 aromatic carbocycles. The van der Waals surface area contributed by atoms with Crippen LogP contribution in [0.25, 0.3) is 0 Å². The highest BCUT2D eigenvalue weighted by Gasteiger charge is 2.42. The van der Waals surface area contributed by atoms with Crippen LogP contribution < -0.4 is 5.32 Å². The summed E-state index contributed by atoms with van der Waals surface area (Å²) in [6, 6.07) is 4.50. The molecule has 0 aliphatic carbocycles. The molecule has 2 fully saturated rings. The molecule has 0 amide bonds. The van der Waals surface area contributed by atoms with Gasteiger partial charge in [-0.05, 0) is 51.5 Å². The Morgan fingerprint density at radius 1 is 1.44 bits per heavy atom. The summed E-state index contributed by atoms with van der Waals surface area (Å²) in [5, 5.41) is 3.41. The number of nitrogens with one attached hydrogen (secondary N) is 1. The molecule has 2 saturated heterocycles. The minimum atomic E-state index is 0.146. The molecule has 0 unspecified atom stereocenters. The van der Waals surface area contributed by atoms with Gasteiger partial charge in [-0.1, -0.05) is 0 Å². The zero-order chi connectivity index (χ0) is 12.4. The normalized spacial score (nSPS) is 27.1. The molecule has 0 saturated carbocycles. The molecule has 100 valence electrons. The van der Waals surface area contributed by atoms with Gasteiger partial charge in [0.25, 0.3) is 0 Å². The maximum atomic E-state index is 6.12. The Morgan fingerprint density at radius 2 is 2.28 bits per heavy atom. The molecule has 18 heavy (non-hydrogen) atoms. The Bertz CT molecular complexity index is 371. The molecule has 2 aliphatic heterocycles. The summed E-state index contributed by atoms with van der Waals surface area (Å²) in [6.07, 6.45) is 5.20. The lowest BCUT2D eigenvalue weighted by Crippen LogP contribution is -2.42. The van der Waals surface area contributed by atoms with Crippen molar-refractivity contribution in [2.24, 2.45) is 0 Å². The van der Waals surface area contributed by atoms with Gasteiger partial charge in [0.2, 0.25) is 0 Å². The fraction of sp³-hybridized carbons (Fsp3) is 0.714. The Morgan fingerprint density at radius 3 is 3.00 bits per heavy atom. The van der Waals surface area contributed by atoms with Gasteiger partial charge >= 0.3 is 0 Å². The van der Waals surface area contributed by atoms with Crippen LogP contribution in [-0.4, -0.2) is 43.3 Å². The first-order valence-electron chi connectivity index (χ1n) is 6.85. The molecule has 3 heterocycles. The third-order valence-electron chi connectivity index (χ3n) is 4.31. The van der Waals surface area contributed by atoms with E-state index in [1.54, 1.807) is 6.26 Å². The molecular weight excluding hydrogens is 228 g/mol. The molecule has 1 atom stereocenters. The van der Waals surface area contributed by atoms with Crippen LogP contribution in [0, 0.1) is 0 Å². The van der Waals surface area contributed by atoms with Crippen molar-refractivity contribution in [3.05, 3.63) is 24.2 Å². The van der Waals surface area contributed by atoms with Crippen molar-refractivity contribution < 1.29 is 9.15 Å². The number of ether oxygens (including phenoxy) is 1. The van der Waals surface area contributed by atoms with E-state index in [0.29, 0.717) is 6.04 Å². The van der Waals surface area contributed by atoms with Gasteiger partial charge in [-0.25, -0.2) is 0 Å². The van der Waals surface area contributed by atoms with Crippen LogP contribution in [0.3, 0.4) is 0 Å². The lowest BCUT2D eigenvalue weighted by molar-refractivity contribution is -0.0201. The van der Waals surface area contributed by atoms with Crippen molar-refractivity contribution >= 4 is 0 Å². The molecule has 4 nitrogen and oxygen atoms in total. The van der Waals surface area contributed by atoms with E-state index in [-0.39, 0.29) is 5.60 Å².